The van der Waals surface area contributed by atoms with E-state index >= 15 is 0 Å². The van der Waals surface area contributed by atoms with Crippen LogP contribution >= 0.6 is 0 Å². The summed E-state index contributed by atoms with van der Waals surface area (Å²) in [6.45, 7) is 2.19. The van der Waals surface area contributed by atoms with Crippen LogP contribution in [0.3, 0.4) is 0 Å². The molecule has 4 heteroatoms. The van der Waals surface area contributed by atoms with Gasteiger partial charge in [-0.25, -0.2) is 4.98 Å². The standard InChI is InChI=1S/C15H22N4/c1-2-14(11-6-4-3-5-7-11)19-15-12(9-16)8-13(17)10-18-15/h8,10-11,14H,2-7,17H2,1H3,(H,18,19). The van der Waals surface area contributed by atoms with Crippen LogP contribution in [-0.4, -0.2) is 11.0 Å². The maximum Gasteiger partial charge on any atom is 0.144 e. The van der Waals surface area contributed by atoms with Crippen LogP contribution in [-0.2, 0) is 0 Å². The van der Waals surface area contributed by atoms with Gasteiger partial charge in [-0.2, -0.15) is 5.26 Å². The zero-order chi connectivity index (χ0) is 13.7. The largest absolute Gasteiger partial charge is 0.397 e. The van der Waals surface area contributed by atoms with Gasteiger partial charge in [-0.1, -0.05) is 26.2 Å². The Morgan fingerprint density at radius 1 is 1.47 bits per heavy atom. The number of hydrogen-bond donors (Lipinski definition) is 2. The second kappa shape index (κ2) is 6.42. The van der Waals surface area contributed by atoms with Gasteiger partial charge < -0.3 is 11.1 Å². The molecule has 3 N–H and O–H groups in total. The van der Waals surface area contributed by atoms with Gasteiger partial charge in [-0.05, 0) is 31.2 Å². The van der Waals surface area contributed by atoms with Gasteiger partial charge >= 0.3 is 0 Å². The summed E-state index contributed by atoms with van der Waals surface area (Å²) in [7, 11) is 0. The fourth-order valence-corrected chi connectivity index (χ4v) is 2.95. The Bertz CT molecular complexity index is 458. The van der Waals surface area contributed by atoms with Crippen molar-refractivity contribution in [1.29, 1.82) is 5.26 Å². The molecule has 1 aromatic heterocycles. The molecule has 1 atom stereocenters. The van der Waals surface area contributed by atoms with Crippen LogP contribution in [0.2, 0.25) is 0 Å². The van der Waals surface area contributed by atoms with E-state index in [0.717, 1.165) is 6.42 Å². The average Bonchev–Trinajstić information content (AvgIpc) is 2.46. The van der Waals surface area contributed by atoms with Crippen molar-refractivity contribution < 1.29 is 0 Å². The van der Waals surface area contributed by atoms with E-state index in [1.807, 2.05) is 0 Å². The fraction of sp³-hybridized carbons (Fsp3) is 0.600. The molecule has 19 heavy (non-hydrogen) atoms. The quantitative estimate of drug-likeness (QED) is 0.868. The molecule has 1 aliphatic rings. The van der Waals surface area contributed by atoms with E-state index in [0.29, 0.717) is 29.0 Å². The smallest absolute Gasteiger partial charge is 0.144 e. The van der Waals surface area contributed by atoms with Gasteiger partial charge in [-0.15, -0.1) is 0 Å². The van der Waals surface area contributed by atoms with Gasteiger partial charge in [0.25, 0.3) is 0 Å². The van der Waals surface area contributed by atoms with Crippen molar-refractivity contribution in [2.75, 3.05) is 11.1 Å². The molecule has 0 saturated heterocycles. The first kappa shape index (κ1) is 13.7. The number of nitriles is 1. The monoisotopic (exact) mass is 258 g/mol. The molecule has 1 aliphatic carbocycles. The number of nitrogens with two attached hydrogens (primary N) is 1. The fourth-order valence-electron chi connectivity index (χ4n) is 2.95. The van der Waals surface area contributed by atoms with Gasteiger partial charge in [0, 0.05) is 6.04 Å². The van der Waals surface area contributed by atoms with Crippen molar-refractivity contribution in [1.82, 2.24) is 4.98 Å². The minimum absolute atomic E-state index is 0.406. The number of aromatic nitrogens is 1. The third-order valence-electron chi connectivity index (χ3n) is 4.01. The van der Waals surface area contributed by atoms with Crippen molar-refractivity contribution in [2.24, 2.45) is 5.92 Å². The molecule has 0 bridgehead atoms. The first-order chi connectivity index (χ1) is 9.24. The Labute approximate surface area is 115 Å². The van der Waals surface area contributed by atoms with Crippen LogP contribution in [0.4, 0.5) is 11.5 Å². The van der Waals surface area contributed by atoms with Crippen LogP contribution in [0.5, 0.6) is 0 Å². The van der Waals surface area contributed by atoms with Crippen LogP contribution in [0.25, 0.3) is 0 Å². The predicted molar refractivity (Wildman–Crippen MR) is 77.6 cm³/mol. The number of nitrogens with zero attached hydrogens (tertiary/aromatic N) is 2. The highest BCUT2D eigenvalue weighted by Gasteiger charge is 2.23. The summed E-state index contributed by atoms with van der Waals surface area (Å²) in [5.74, 6) is 1.37. The molecule has 2 rings (SSSR count). The molecular weight excluding hydrogens is 236 g/mol. The molecule has 0 spiro atoms. The summed E-state index contributed by atoms with van der Waals surface area (Å²) in [5, 5.41) is 12.6. The van der Waals surface area contributed by atoms with Crippen LogP contribution < -0.4 is 11.1 Å². The van der Waals surface area contributed by atoms with E-state index in [2.05, 4.69) is 23.3 Å². The van der Waals surface area contributed by atoms with Crippen molar-refractivity contribution in [3.63, 3.8) is 0 Å². The number of nitrogens with one attached hydrogen (secondary N) is 1. The van der Waals surface area contributed by atoms with Crippen molar-refractivity contribution in [2.45, 2.75) is 51.5 Å². The summed E-state index contributed by atoms with van der Waals surface area (Å²) in [6, 6.07) is 4.25. The van der Waals surface area contributed by atoms with Crippen LogP contribution in [0.1, 0.15) is 51.0 Å². The topological polar surface area (TPSA) is 74.7 Å². The molecule has 1 heterocycles. The third-order valence-corrected chi connectivity index (χ3v) is 4.01. The lowest BCUT2D eigenvalue weighted by Gasteiger charge is -2.30. The Balaban J connectivity index is 2.11. The minimum atomic E-state index is 0.406. The third kappa shape index (κ3) is 3.37. The highest BCUT2D eigenvalue weighted by Crippen LogP contribution is 2.30. The Hall–Kier alpha value is -1.76. The Kier molecular flexibility index (Phi) is 4.62. The highest BCUT2D eigenvalue weighted by atomic mass is 15.0. The van der Waals surface area contributed by atoms with Gasteiger partial charge in [0.1, 0.15) is 11.9 Å². The lowest BCUT2D eigenvalue weighted by Crippen LogP contribution is -2.30. The van der Waals surface area contributed by atoms with Crippen LogP contribution in [0.15, 0.2) is 12.3 Å². The lowest BCUT2D eigenvalue weighted by molar-refractivity contribution is 0.312. The molecular formula is C15H22N4. The molecule has 0 amide bonds. The van der Waals surface area contributed by atoms with Crippen molar-refractivity contribution >= 4 is 11.5 Å². The molecule has 1 fully saturated rings. The van der Waals surface area contributed by atoms with Gasteiger partial charge in [0.15, 0.2) is 0 Å². The first-order valence-corrected chi connectivity index (χ1v) is 7.16. The minimum Gasteiger partial charge on any atom is -0.397 e. The first-order valence-electron chi connectivity index (χ1n) is 7.16. The molecule has 0 aliphatic heterocycles. The summed E-state index contributed by atoms with van der Waals surface area (Å²) in [5.41, 5.74) is 6.74. The van der Waals surface area contributed by atoms with Gasteiger partial charge in [-0.3, -0.25) is 0 Å². The van der Waals surface area contributed by atoms with E-state index < -0.39 is 0 Å². The van der Waals surface area contributed by atoms with E-state index in [9.17, 15) is 0 Å². The molecule has 0 radical (unpaired) electrons. The number of hydrogen-bond acceptors (Lipinski definition) is 4. The second-order valence-corrected chi connectivity index (χ2v) is 5.33. The number of rotatable bonds is 4. The zero-order valence-corrected chi connectivity index (χ0v) is 11.5. The summed E-state index contributed by atoms with van der Waals surface area (Å²) in [6.07, 6.45) is 9.23. The molecule has 4 nitrogen and oxygen atoms in total. The molecule has 1 unspecified atom stereocenters. The summed E-state index contributed by atoms with van der Waals surface area (Å²) >= 11 is 0. The zero-order valence-electron chi connectivity index (χ0n) is 11.5. The second-order valence-electron chi connectivity index (χ2n) is 5.33. The Morgan fingerprint density at radius 2 is 2.21 bits per heavy atom. The number of anilines is 2. The maximum absolute atomic E-state index is 9.15. The van der Waals surface area contributed by atoms with E-state index in [-0.39, 0.29) is 0 Å². The van der Waals surface area contributed by atoms with Gasteiger partial charge in [0.2, 0.25) is 0 Å². The number of pyridine rings is 1. The van der Waals surface area contributed by atoms with Crippen LogP contribution in [0, 0.1) is 17.2 Å². The van der Waals surface area contributed by atoms with Gasteiger partial charge in [0.05, 0.1) is 17.4 Å². The molecule has 102 valence electrons. The molecule has 1 aromatic rings. The van der Waals surface area contributed by atoms with E-state index in [4.69, 9.17) is 11.0 Å². The average molecular weight is 258 g/mol. The summed E-state index contributed by atoms with van der Waals surface area (Å²) in [4.78, 5) is 4.27. The predicted octanol–water partition coefficient (Wildman–Crippen LogP) is 3.31. The Morgan fingerprint density at radius 3 is 2.84 bits per heavy atom. The highest BCUT2D eigenvalue weighted by molar-refractivity contribution is 5.57. The van der Waals surface area contributed by atoms with Crippen molar-refractivity contribution in [3.05, 3.63) is 17.8 Å². The summed E-state index contributed by atoms with van der Waals surface area (Å²) < 4.78 is 0. The molecule has 1 saturated carbocycles. The normalized spacial score (nSPS) is 17.7. The lowest BCUT2D eigenvalue weighted by atomic mass is 9.83. The SMILES string of the molecule is CCC(Nc1ncc(N)cc1C#N)C1CCCCC1. The molecule has 0 aromatic carbocycles. The van der Waals surface area contributed by atoms with E-state index in [1.54, 1.807) is 12.3 Å². The van der Waals surface area contributed by atoms with E-state index in [1.165, 1.54) is 32.1 Å². The maximum atomic E-state index is 9.15. The van der Waals surface area contributed by atoms with Crippen molar-refractivity contribution in [3.8, 4) is 6.07 Å². The number of nitrogen functional groups attached to an aromatic ring is 1.